The third kappa shape index (κ3) is 12.0. The minimum atomic E-state index is -3.94. The van der Waals surface area contributed by atoms with Gasteiger partial charge in [0.15, 0.2) is 6.29 Å². The number of amides is 1. The lowest BCUT2D eigenvalue weighted by molar-refractivity contribution is -0.147. The van der Waals surface area contributed by atoms with Crippen molar-refractivity contribution in [2.45, 2.75) is 62.9 Å². The van der Waals surface area contributed by atoms with Gasteiger partial charge in [-0.25, -0.2) is 13.2 Å². The molecule has 0 radical (unpaired) electrons. The van der Waals surface area contributed by atoms with Crippen LogP contribution in [0.2, 0.25) is 0 Å². The van der Waals surface area contributed by atoms with Crippen LogP contribution in [0.15, 0.2) is 59.5 Å². The second-order valence-electron chi connectivity index (χ2n) is 10.8. The number of nitrogens with one attached hydrogen (secondary N) is 1. The third-order valence-corrected chi connectivity index (χ3v) is 11.6. The first-order valence-electron chi connectivity index (χ1n) is 14.5. The average Bonchev–Trinajstić information content (AvgIpc) is 3.00. The second kappa shape index (κ2) is 17.9. The van der Waals surface area contributed by atoms with Gasteiger partial charge in [-0.2, -0.15) is 4.31 Å². The van der Waals surface area contributed by atoms with E-state index in [-0.39, 0.29) is 43.2 Å². The summed E-state index contributed by atoms with van der Waals surface area (Å²) in [6.45, 7) is 4.60. The summed E-state index contributed by atoms with van der Waals surface area (Å²) in [5, 5.41) is 14.1. The first kappa shape index (κ1) is 35.3. The molecule has 0 unspecified atom stereocenters. The molecule has 2 aromatic carbocycles. The predicted molar refractivity (Wildman–Crippen MR) is 174 cm³/mol. The van der Waals surface area contributed by atoms with Gasteiger partial charge in [-0.15, -0.1) is 23.5 Å². The molecule has 2 aromatic rings. The fourth-order valence-electron chi connectivity index (χ4n) is 4.53. The van der Waals surface area contributed by atoms with Gasteiger partial charge in [0.05, 0.1) is 28.8 Å². The van der Waals surface area contributed by atoms with Crippen molar-refractivity contribution in [2.24, 2.45) is 5.92 Å². The first-order chi connectivity index (χ1) is 20.6. The zero-order valence-corrected chi connectivity index (χ0v) is 28.2. The molecule has 12 heteroatoms. The highest BCUT2D eigenvalue weighted by Crippen LogP contribution is 2.23. The molecule has 3 atom stereocenters. The number of benzene rings is 2. The van der Waals surface area contributed by atoms with E-state index in [1.165, 1.54) is 23.5 Å². The van der Waals surface area contributed by atoms with Gasteiger partial charge in [0.2, 0.25) is 10.0 Å². The number of halogens is 1. The summed E-state index contributed by atoms with van der Waals surface area (Å²) in [6.07, 6.45) is 1.14. The lowest BCUT2D eigenvalue weighted by Gasteiger charge is -2.30. The number of hydrogen-bond acceptors (Lipinski definition) is 8. The molecule has 1 aliphatic rings. The van der Waals surface area contributed by atoms with E-state index in [9.17, 15) is 18.3 Å². The Morgan fingerprint density at radius 3 is 2.49 bits per heavy atom. The van der Waals surface area contributed by atoms with Crippen LogP contribution in [-0.2, 0) is 30.7 Å². The van der Waals surface area contributed by atoms with Crippen LogP contribution >= 0.6 is 19.1 Å². The highest BCUT2D eigenvalue weighted by molar-refractivity contribution is 14.2. The number of rotatable bonds is 15. The molecular formula is C31H45IN2O8S. The van der Waals surface area contributed by atoms with Crippen LogP contribution in [0.3, 0.4) is 0 Å². The number of ether oxygens (including phenoxy) is 4. The van der Waals surface area contributed by atoms with Crippen molar-refractivity contribution in [3.63, 3.8) is 0 Å². The molecule has 1 amide bonds. The van der Waals surface area contributed by atoms with E-state index in [1.54, 1.807) is 12.1 Å². The molecule has 3 rings (SSSR count). The first-order valence-corrected chi connectivity index (χ1v) is 20.2. The highest BCUT2D eigenvalue weighted by Gasteiger charge is 2.31. The van der Waals surface area contributed by atoms with E-state index in [4.69, 9.17) is 23.3 Å². The highest BCUT2D eigenvalue weighted by atomic mass is 127. The number of hydrogen-bond donors (Lipinski definition) is 2. The predicted octanol–water partition coefficient (Wildman–Crippen LogP) is 4.64. The summed E-state index contributed by atoms with van der Waals surface area (Å²) < 4.78 is 57.7. The number of aliphatic hydroxyl groups is 1. The molecule has 10 nitrogen and oxygen atoms in total. The molecule has 0 spiro atoms. The number of nitrogens with zero attached hydrogens (tertiary/aromatic N) is 1. The van der Waals surface area contributed by atoms with Crippen molar-refractivity contribution < 1.29 is 37.3 Å². The lowest BCUT2D eigenvalue weighted by Crippen LogP contribution is -2.51. The van der Waals surface area contributed by atoms with Crippen molar-refractivity contribution >= 4 is 35.3 Å². The van der Waals surface area contributed by atoms with Gasteiger partial charge >= 0.3 is 6.09 Å². The lowest BCUT2D eigenvalue weighted by atomic mass is 10.0. The van der Waals surface area contributed by atoms with Crippen LogP contribution in [-0.4, -0.2) is 84.8 Å². The van der Waals surface area contributed by atoms with Crippen LogP contribution in [0, 0.1) is 10.2 Å². The Morgan fingerprint density at radius 1 is 1.14 bits per heavy atom. The monoisotopic (exact) mass is 732 g/mol. The fourth-order valence-corrected chi connectivity index (χ4v) is 8.12. The number of carbonyl (C=O) groups is 1. The summed E-state index contributed by atoms with van der Waals surface area (Å²) in [5.74, 6) is 0.531. The number of methoxy groups -OCH3 is 1. The zero-order chi connectivity index (χ0) is 31.2. The van der Waals surface area contributed by atoms with E-state index in [0.717, 1.165) is 24.8 Å². The van der Waals surface area contributed by atoms with Crippen molar-refractivity contribution in [3.05, 3.63) is 60.2 Å². The Morgan fingerprint density at radius 2 is 1.86 bits per heavy atom. The fraction of sp³-hybridized carbons (Fsp3) is 0.548. The standard InChI is InChI=1S/C31H45IN2O8S/c1-24(2)21-34(43(37,38)27-15-13-26(39-4)14-16-27)22-29(35)28(20-25-10-6-5-7-11-25)33-31(36)41-19-17-32(3)23-42-30-12-8-9-18-40-30/h3,5-7,10-11,13-16,24,28-30,35H,8-9,12,17-23H2,1-2,4H3,(H,33,36)/t28-,29+,30-/m0/s1. The van der Waals surface area contributed by atoms with Gasteiger partial charge in [-0.1, -0.05) is 44.2 Å². The topological polar surface area (TPSA) is 124 Å². The van der Waals surface area contributed by atoms with Crippen molar-refractivity contribution in [1.82, 2.24) is 9.62 Å². The van der Waals surface area contributed by atoms with E-state index in [2.05, 4.69) is 5.32 Å². The normalized spacial score (nSPS) is 17.1. The Kier molecular flexibility index (Phi) is 14.7. The average molecular weight is 733 g/mol. The molecule has 240 valence electrons. The molecule has 1 fully saturated rings. The zero-order valence-electron chi connectivity index (χ0n) is 25.2. The van der Waals surface area contributed by atoms with Gasteiger partial charge in [0, 0.05) is 24.1 Å². The van der Waals surface area contributed by atoms with Gasteiger partial charge in [0.25, 0.3) is 0 Å². The quantitative estimate of drug-likeness (QED) is 0.201. The van der Waals surface area contributed by atoms with Crippen LogP contribution < -0.4 is 10.1 Å². The molecule has 1 saturated heterocycles. The largest absolute Gasteiger partial charge is 0.497 e. The van der Waals surface area contributed by atoms with Crippen LogP contribution in [0.25, 0.3) is 0 Å². The summed E-state index contributed by atoms with van der Waals surface area (Å²) in [7, 11) is -2.44. The second-order valence-corrected chi connectivity index (χ2v) is 17.3. The Bertz CT molecular complexity index is 1290. The Hall–Kier alpha value is -2.19. The molecule has 1 aliphatic heterocycles. The van der Waals surface area contributed by atoms with Crippen molar-refractivity contribution in [2.75, 3.05) is 42.5 Å². The van der Waals surface area contributed by atoms with Gasteiger partial charge in [-0.3, -0.25) is 0 Å². The molecular weight excluding hydrogens is 687 g/mol. The Labute approximate surface area is 262 Å². The number of alkyl carbamates (subject to hydrolysis) is 1. The number of carbonyl (C=O) groups excluding carboxylic acids is 1. The van der Waals surface area contributed by atoms with Gasteiger partial charge < -0.3 is 29.4 Å². The van der Waals surface area contributed by atoms with Crippen LogP contribution in [0.5, 0.6) is 5.75 Å². The number of sulfonamides is 1. The van der Waals surface area contributed by atoms with E-state index < -0.39 is 47.4 Å². The van der Waals surface area contributed by atoms with Gasteiger partial charge in [-0.05, 0) is 61.4 Å². The van der Waals surface area contributed by atoms with E-state index in [1.807, 2.05) is 44.2 Å². The summed E-state index contributed by atoms with van der Waals surface area (Å²) in [4.78, 5) is 12.9. The smallest absolute Gasteiger partial charge is 0.407 e. The maximum Gasteiger partial charge on any atom is 0.407 e. The molecule has 43 heavy (non-hydrogen) atoms. The molecule has 0 bridgehead atoms. The maximum atomic E-state index is 13.6. The summed E-state index contributed by atoms with van der Waals surface area (Å²) in [6, 6.07) is 14.7. The Balaban J connectivity index is 1.64. The molecule has 2 N–H and O–H groups in total. The van der Waals surface area contributed by atoms with E-state index >= 15 is 0 Å². The van der Waals surface area contributed by atoms with E-state index in [0.29, 0.717) is 21.4 Å². The van der Waals surface area contributed by atoms with Gasteiger partial charge in [0.1, 0.15) is 12.4 Å². The molecule has 0 aliphatic carbocycles. The molecule has 0 saturated carbocycles. The van der Waals surface area contributed by atoms with Crippen molar-refractivity contribution in [3.8, 4) is 10.1 Å². The van der Waals surface area contributed by atoms with Crippen LogP contribution in [0.1, 0.15) is 38.7 Å². The third-order valence-electron chi connectivity index (χ3n) is 6.80. The van der Waals surface area contributed by atoms with Crippen molar-refractivity contribution in [1.29, 1.82) is 0 Å². The minimum absolute atomic E-state index is 0.00622. The maximum absolute atomic E-state index is 13.6. The summed E-state index contributed by atoms with van der Waals surface area (Å²) in [5.41, 5.74) is 0.873. The number of aliphatic hydroxyl groups excluding tert-OH is 1. The van der Waals surface area contributed by atoms with Crippen LogP contribution in [0.4, 0.5) is 4.79 Å². The molecule has 0 aromatic heterocycles. The molecule has 1 heterocycles. The summed E-state index contributed by atoms with van der Waals surface area (Å²) >= 11 is -1.95. The number of alkyl halides is 2. The minimum Gasteiger partial charge on any atom is -0.497 e. The SMILES string of the molecule is C#I(CCOC(=O)N[C@@H](Cc1ccccc1)[C@H](O)CN(CC(C)C)S(=O)(=O)c1ccc(OC)cc1)CO[C@H]1CCCCO1.